The van der Waals surface area contributed by atoms with Crippen LogP contribution in [0.3, 0.4) is 0 Å². The summed E-state index contributed by atoms with van der Waals surface area (Å²) in [5, 5.41) is 7.27. The minimum absolute atomic E-state index is 0.00140. The van der Waals surface area contributed by atoms with Gasteiger partial charge >= 0.3 is 0 Å². The summed E-state index contributed by atoms with van der Waals surface area (Å²) in [5.74, 6) is -0.00140. The van der Waals surface area contributed by atoms with E-state index in [1.165, 1.54) is 11.1 Å². The van der Waals surface area contributed by atoms with Crippen LogP contribution in [0.4, 0.5) is 0 Å². The lowest BCUT2D eigenvalue weighted by molar-refractivity contribution is -0.0262. The second kappa shape index (κ2) is 8.67. The Balaban J connectivity index is 1.63. The average Bonchev–Trinajstić information content (AvgIpc) is 3.13. The van der Waals surface area contributed by atoms with Gasteiger partial charge in [0.25, 0.3) is 5.91 Å². The number of rotatable bonds is 6. The largest absolute Gasteiger partial charge is 0.375 e. The second-order valence-corrected chi connectivity index (χ2v) is 7.66. The van der Waals surface area contributed by atoms with Gasteiger partial charge in [-0.1, -0.05) is 12.1 Å². The van der Waals surface area contributed by atoms with Gasteiger partial charge in [0.05, 0.1) is 18.4 Å². The van der Waals surface area contributed by atoms with Crippen molar-refractivity contribution in [3.05, 3.63) is 41.1 Å². The summed E-state index contributed by atoms with van der Waals surface area (Å²) >= 11 is 0. The molecule has 0 saturated carbocycles. The van der Waals surface area contributed by atoms with Gasteiger partial charge in [-0.05, 0) is 70.6 Å². The third-order valence-electron chi connectivity index (χ3n) is 5.17. The van der Waals surface area contributed by atoms with Crippen molar-refractivity contribution in [2.75, 3.05) is 40.3 Å². The monoisotopic (exact) mass is 370 g/mol. The molecule has 0 aliphatic carbocycles. The average molecular weight is 370 g/mol. The van der Waals surface area contributed by atoms with Crippen LogP contribution in [0.25, 0.3) is 11.3 Å². The number of aryl methyl sites for hydroxylation is 2. The summed E-state index contributed by atoms with van der Waals surface area (Å²) in [6, 6.07) is 8.08. The molecule has 0 spiro atoms. The van der Waals surface area contributed by atoms with Crippen molar-refractivity contribution in [2.45, 2.75) is 32.8 Å². The molecule has 6 heteroatoms. The van der Waals surface area contributed by atoms with Crippen LogP contribution < -0.4 is 0 Å². The van der Waals surface area contributed by atoms with Gasteiger partial charge in [0, 0.05) is 18.7 Å². The first-order valence-corrected chi connectivity index (χ1v) is 9.62. The summed E-state index contributed by atoms with van der Waals surface area (Å²) < 4.78 is 5.84. The molecule has 1 fully saturated rings. The van der Waals surface area contributed by atoms with Crippen molar-refractivity contribution in [1.82, 2.24) is 20.0 Å². The molecule has 1 aliphatic heterocycles. The molecule has 2 heterocycles. The fourth-order valence-corrected chi connectivity index (χ4v) is 3.36. The first kappa shape index (κ1) is 19.6. The zero-order valence-corrected chi connectivity index (χ0v) is 16.8. The van der Waals surface area contributed by atoms with Crippen molar-refractivity contribution in [3.8, 4) is 11.3 Å². The third-order valence-corrected chi connectivity index (χ3v) is 5.17. The van der Waals surface area contributed by atoms with Crippen LogP contribution in [0.5, 0.6) is 0 Å². The van der Waals surface area contributed by atoms with E-state index in [0.29, 0.717) is 25.4 Å². The van der Waals surface area contributed by atoms with Gasteiger partial charge in [0.2, 0.25) is 0 Å². The van der Waals surface area contributed by atoms with Gasteiger partial charge in [0.1, 0.15) is 5.69 Å². The molecule has 6 nitrogen and oxygen atoms in total. The van der Waals surface area contributed by atoms with Crippen LogP contribution >= 0.6 is 0 Å². The molecular formula is C21H30N4O2. The number of H-pyrrole nitrogens is 1. The number of nitrogens with zero attached hydrogens (tertiary/aromatic N) is 3. The Bertz CT molecular complexity index is 784. The number of morpholine rings is 1. The maximum absolute atomic E-state index is 12.9. The van der Waals surface area contributed by atoms with Gasteiger partial charge in [-0.25, -0.2) is 0 Å². The standard InChI is InChI=1S/C21H30N4O2/c1-15-7-8-17(12-16(15)2)19-13-20(23-22-19)21(26)25-10-11-27-18(14-25)6-5-9-24(3)4/h7-8,12-13,18H,5-6,9-11,14H2,1-4H3,(H,22,23). The van der Waals surface area contributed by atoms with E-state index in [-0.39, 0.29) is 12.0 Å². The summed E-state index contributed by atoms with van der Waals surface area (Å²) in [6.45, 7) is 7.07. The van der Waals surface area contributed by atoms with Gasteiger partial charge in [-0.2, -0.15) is 5.10 Å². The lowest BCUT2D eigenvalue weighted by Crippen LogP contribution is -2.45. The number of hydrogen-bond donors (Lipinski definition) is 1. The first-order chi connectivity index (χ1) is 12.9. The highest BCUT2D eigenvalue weighted by Gasteiger charge is 2.26. The number of carbonyl (C=O) groups excluding carboxylic acids is 1. The van der Waals surface area contributed by atoms with Crippen LogP contribution in [0, 0.1) is 13.8 Å². The number of aromatic amines is 1. The predicted molar refractivity (Wildman–Crippen MR) is 107 cm³/mol. The Morgan fingerprint density at radius 3 is 2.85 bits per heavy atom. The molecule has 0 bridgehead atoms. The molecule has 27 heavy (non-hydrogen) atoms. The molecule has 1 aromatic carbocycles. The van der Waals surface area contributed by atoms with Gasteiger partial charge in [0.15, 0.2) is 0 Å². The van der Waals surface area contributed by atoms with Gasteiger partial charge < -0.3 is 14.5 Å². The molecule has 1 saturated heterocycles. The summed E-state index contributed by atoms with van der Waals surface area (Å²) in [5.41, 5.74) is 4.84. The van der Waals surface area contributed by atoms with E-state index in [9.17, 15) is 4.79 Å². The highest BCUT2D eigenvalue weighted by atomic mass is 16.5. The maximum Gasteiger partial charge on any atom is 0.272 e. The molecule has 1 N–H and O–H groups in total. The third kappa shape index (κ3) is 4.96. The maximum atomic E-state index is 12.9. The summed E-state index contributed by atoms with van der Waals surface area (Å²) in [4.78, 5) is 16.9. The Hall–Kier alpha value is -2.18. The number of benzene rings is 1. The van der Waals surface area contributed by atoms with Crippen LogP contribution in [-0.4, -0.2) is 72.3 Å². The molecular weight excluding hydrogens is 340 g/mol. The molecule has 146 valence electrons. The Morgan fingerprint density at radius 2 is 2.11 bits per heavy atom. The molecule has 1 aliphatic rings. The van der Waals surface area contributed by atoms with Gasteiger partial charge in [-0.3, -0.25) is 9.89 Å². The zero-order chi connectivity index (χ0) is 19.4. The molecule has 1 amide bonds. The van der Waals surface area contributed by atoms with Crippen molar-refractivity contribution < 1.29 is 9.53 Å². The van der Waals surface area contributed by atoms with Crippen LogP contribution in [0.15, 0.2) is 24.3 Å². The van der Waals surface area contributed by atoms with E-state index >= 15 is 0 Å². The number of carbonyl (C=O) groups is 1. The van der Waals surface area contributed by atoms with Crippen molar-refractivity contribution >= 4 is 5.91 Å². The molecule has 2 aromatic rings. The van der Waals surface area contributed by atoms with E-state index in [1.807, 2.05) is 17.0 Å². The fourth-order valence-electron chi connectivity index (χ4n) is 3.36. The van der Waals surface area contributed by atoms with Crippen LogP contribution in [-0.2, 0) is 4.74 Å². The topological polar surface area (TPSA) is 61.5 Å². The zero-order valence-electron chi connectivity index (χ0n) is 16.8. The fraction of sp³-hybridized carbons (Fsp3) is 0.524. The molecule has 0 radical (unpaired) electrons. The summed E-state index contributed by atoms with van der Waals surface area (Å²) in [7, 11) is 4.14. The van der Waals surface area contributed by atoms with Crippen LogP contribution in [0.2, 0.25) is 0 Å². The predicted octanol–water partition coefficient (Wildman–Crippen LogP) is 2.88. The lowest BCUT2D eigenvalue weighted by Gasteiger charge is -2.32. The van der Waals surface area contributed by atoms with E-state index in [2.05, 4.69) is 55.2 Å². The van der Waals surface area contributed by atoms with Crippen molar-refractivity contribution in [3.63, 3.8) is 0 Å². The number of hydrogen-bond acceptors (Lipinski definition) is 4. The smallest absolute Gasteiger partial charge is 0.272 e. The number of amides is 1. The summed E-state index contributed by atoms with van der Waals surface area (Å²) in [6.07, 6.45) is 2.16. The van der Waals surface area contributed by atoms with Crippen molar-refractivity contribution in [2.24, 2.45) is 0 Å². The number of nitrogens with one attached hydrogen (secondary N) is 1. The van der Waals surface area contributed by atoms with E-state index < -0.39 is 0 Å². The van der Waals surface area contributed by atoms with Crippen LogP contribution in [0.1, 0.15) is 34.5 Å². The normalized spacial score (nSPS) is 17.5. The highest BCUT2D eigenvalue weighted by Crippen LogP contribution is 2.22. The lowest BCUT2D eigenvalue weighted by atomic mass is 10.0. The quantitative estimate of drug-likeness (QED) is 0.849. The second-order valence-electron chi connectivity index (χ2n) is 7.66. The Kier molecular flexibility index (Phi) is 6.29. The minimum atomic E-state index is -0.00140. The highest BCUT2D eigenvalue weighted by molar-refractivity contribution is 5.93. The first-order valence-electron chi connectivity index (χ1n) is 9.62. The number of aromatic nitrogens is 2. The molecule has 1 atom stereocenters. The molecule has 1 aromatic heterocycles. The van der Waals surface area contributed by atoms with E-state index in [4.69, 9.17) is 4.74 Å². The Labute approximate surface area is 161 Å². The van der Waals surface area contributed by atoms with E-state index in [0.717, 1.165) is 30.6 Å². The Morgan fingerprint density at radius 1 is 1.30 bits per heavy atom. The van der Waals surface area contributed by atoms with Gasteiger partial charge in [-0.15, -0.1) is 0 Å². The van der Waals surface area contributed by atoms with Crippen molar-refractivity contribution in [1.29, 1.82) is 0 Å². The number of ether oxygens (including phenoxy) is 1. The molecule has 1 unspecified atom stereocenters. The minimum Gasteiger partial charge on any atom is -0.375 e. The SMILES string of the molecule is Cc1ccc(-c2cc(C(=O)N3CCOC(CCCN(C)C)C3)[nH]n2)cc1C. The van der Waals surface area contributed by atoms with E-state index in [1.54, 1.807) is 0 Å². The molecule has 3 rings (SSSR count).